The van der Waals surface area contributed by atoms with Crippen LogP contribution in [-0.4, -0.2) is 68.3 Å². The molecular formula is C48H50N6O5. The molecule has 302 valence electrons. The average Bonchev–Trinajstić information content (AvgIpc) is 4.04. The van der Waals surface area contributed by atoms with Crippen LogP contribution in [0.2, 0.25) is 0 Å². The number of H-pyrrole nitrogens is 1. The van der Waals surface area contributed by atoms with Gasteiger partial charge in [-0.3, -0.25) is 14.4 Å². The summed E-state index contributed by atoms with van der Waals surface area (Å²) in [5.74, 6) is 6.35. The van der Waals surface area contributed by atoms with Gasteiger partial charge in [-0.15, -0.1) is 0 Å². The summed E-state index contributed by atoms with van der Waals surface area (Å²) < 4.78 is 5.50. The predicted octanol–water partition coefficient (Wildman–Crippen LogP) is 8.14. The number of benzene rings is 4. The number of hydrogen-bond donors (Lipinski definition) is 3. The Labute approximate surface area is 345 Å². The Morgan fingerprint density at radius 1 is 0.763 bits per heavy atom. The number of alkyl carbamates (subject to hydrolysis) is 1. The number of aromatic nitrogens is 2. The first-order chi connectivity index (χ1) is 28.4. The van der Waals surface area contributed by atoms with Gasteiger partial charge in [-0.05, 0) is 106 Å². The van der Waals surface area contributed by atoms with Crippen LogP contribution in [0.5, 0.6) is 0 Å². The molecule has 3 heterocycles. The molecule has 5 aromatic rings. The number of nitrogens with one attached hydrogen (secondary N) is 3. The molecule has 7 rings (SSSR count). The highest BCUT2D eigenvalue weighted by molar-refractivity contribution is 5.98. The largest absolute Gasteiger partial charge is 0.444 e. The number of aromatic amines is 1. The quantitative estimate of drug-likeness (QED) is 0.129. The first-order valence-corrected chi connectivity index (χ1v) is 20.2. The fourth-order valence-electron chi connectivity index (χ4n) is 7.67. The molecule has 0 saturated carbocycles. The van der Waals surface area contributed by atoms with Crippen LogP contribution in [0.25, 0.3) is 11.3 Å². The van der Waals surface area contributed by atoms with Gasteiger partial charge in [0, 0.05) is 29.9 Å². The van der Waals surface area contributed by atoms with Crippen LogP contribution in [0.15, 0.2) is 115 Å². The summed E-state index contributed by atoms with van der Waals surface area (Å²) in [6.07, 6.45) is 4.09. The summed E-state index contributed by atoms with van der Waals surface area (Å²) in [7, 11) is 0. The summed E-state index contributed by atoms with van der Waals surface area (Å²) in [6.45, 7) is 8.36. The van der Waals surface area contributed by atoms with Gasteiger partial charge in [0.25, 0.3) is 5.91 Å². The maximum atomic E-state index is 14.1. The van der Waals surface area contributed by atoms with Crippen molar-refractivity contribution in [3.63, 3.8) is 0 Å². The number of imidazole rings is 1. The molecule has 0 bridgehead atoms. The minimum Gasteiger partial charge on any atom is -0.444 e. The molecule has 3 N–H and O–H groups in total. The number of likely N-dealkylation sites (tertiary alicyclic amines) is 2. The minimum atomic E-state index is -0.908. The van der Waals surface area contributed by atoms with Crippen molar-refractivity contribution in [1.29, 1.82) is 0 Å². The van der Waals surface area contributed by atoms with Gasteiger partial charge in [0.2, 0.25) is 11.8 Å². The van der Waals surface area contributed by atoms with E-state index in [4.69, 9.17) is 9.72 Å². The molecule has 2 fully saturated rings. The van der Waals surface area contributed by atoms with Crippen LogP contribution >= 0.6 is 0 Å². The predicted molar refractivity (Wildman–Crippen MR) is 227 cm³/mol. The average molecular weight is 791 g/mol. The van der Waals surface area contributed by atoms with Crippen molar-refractivity contribution in [2.45, 2.75) is 83.0 Å². The topological polar surface area (TPSA) is 137 Å². The third kappa shape index (κ3) is 9.90. The van der Waals surface area contributed by atoms with E-state index < -0.39 is 23.8 Å². The van der Waals surface area contributed by atoms with Crippen LogP contribution in [0.1, 0.15) is 99.5 Å². The molecule has 11 heteroatoms. The second-order valence-electron chi connectivity index (χ2n) is 16.1. The van der Waals surface area contributed by atoms with Crippen LogP contribution in [-0.2, 0) is 19.1 Å². The van der Waals surface area contributed by atoms with Gasteiger partial charge in [-0.25, -0.2) is 9.78 Å². The normalized spacial score (nSPS) is 17.4. The van der Waals surface area contributed by atoms with Gasteiger partial charge in [0.15, 0.2) is 0 Å². The van der Waals surface area contributed by atoms with Crippen molar-refractivity contribution >= 4 is 29.5 Å². The van der Waals surface area contributed by atoms with Gasteiger partial charge < -0.3 is 30.2 Å². The molecular weight excluding hydrogens is 741 g/mol. The number of anilines is 1. The van der Waals surface area contributed by atoms with Crippen LogP contribution in [0, 0.1) is 11.8 Å². The zero-order valence-electron chi connectivity index (χ0n) is 33.9. The number of carbonyl (C=O) groups is 4. The van der Waals surface area contributed by atoms with Crippen molar-refractivity contribution in [1.82, 2.24) is 25.1 Å². The first-order valence-electron chi connectivity index (χ1n) is 20.2. The maximum Gasteiger partial charge on any atom is 0.408 e. The molecule has 59 heavy (non-hydrogen) atoms. The van der Waals surface area contributed by atoms with Crippen LogP contribution in [0.4, 0.5) is 10.5 Å². The molecule has 2 aliphatic rings. The van der Waals surface area contributed by atoms with E-state index in [0.717, 1.165) is 47.2 Å². The number of carbonyl (C=O) groups excluding carboxylic acids is 4. The fourth-order valence-corrected chi connectivity index (χ4v) is 7.67. The van der Waals surface area contributed by atoms with E-state index in [1.165, 1.54) is 0 Å². The third-order valence-corrected chi connectivity index (χ3v) is 10.7. The van der Waals surface area contributed by atoms with Crippen molar-refractivity contribution in [2.75, 3.05) is 18.4 Å². The summed E-state index contributed by atoms with van der Waals surface area (Å²) in [5, 5.41) is 5.80. The summed E-state index contributed by atoms with van der Waals surface area (Å²) in [6, 6.07) is 32.4. The highest BCUT2D eigenvalue weighted by Crippen LogP contribution is 2.34. The van der Waals surface area contributed by atoms with Crippen LogP contribution < -0.4 is 10.6 Å². The minimum absolute atomic E-state index is 0.0319. The van der Waals surface area contributed by atoms with E-state index in [1.54, 1.807) is 36.8 Å². The lowest BCUT2D eigenvalue weighted by Crippen LogP contribution is -2.44. The molecule has 0 radical (unpaired) electrons. The molecule has 0 aliphatic carbocycles. The molecule has 11 nitrogen and oxygen atoms in total. The zero-order valence-corrected chi connectivity index (χ0v) is 33.9. The van der Waals surface area contributed by atoms with Gasteiger partial charge in [-0.2, -0.15) is 0 Å². The SMILES string of the molecule is C[C@@H](C(=O)N1CCC[C@H]1C(=O)Nc1ccc(C#Cc2ccc(-c3cnc([C@@H]4CCCN4C(=O)[C@H](NC(=O)OC(C)(C)C)c4ccccc4)[nH]3)cc2)cc1)c1ccccc1. The second kappa shape index (κ2) is 17.9. The first kappa shape index (κ1) is 40.5. The lowest BCUT2D eigenvalue weighted by atomic mass is 9.99. The molecule has 0 spiro atoms. The van der Waals surface area contributed by atoms with Crippen molar-refractivity contribution in [3.05, 3.63) is 143 Å². The Balaban J connectivity index is 0.959. The number of ether oxygens (including phenoxy) is 1. The van der Waals surface area contributed by atoms with E-state index in [0.29, 0.717) is 36.6 Å². The van der Waals surface area contributed by atoms with Crippen molar-refractivity contribution < 1.29 is 23.9 Å². The molecule has 4 aromatic carbocycles. The molecule has 2 aliphatic heterocycles. The van der Waals surface area contributed by atoms with Gasteiger partial charge in [0.1, 0.15) is 23.5 Å². The highest BCUT2D eigenvalue weighted by atomic mass is 16.6. The number of amides is 4. The van der Waals surface area contributed by atoms with Gasteiger partial charge in [-0.1, -0.05) is 84.6 Å². The Hall–Kier alpha value is -6.67. The van der Waals surface area contributed by atoms with E-state index in [9.17, 15) is 19.2 Å². The Morgan fingerprint density at radius 3 is 2.00 bits per heavy atom. The van der Waals surface area contributed by atoms with Crippen molar-refractivity contribution in [3.8, 4) is 23.1 Å². The maximum absolute atomic E-state index is 14.1. The number of nitrogens with zero attached hydrogens (tertiary/aromatic N) is 3. The van der Waals surface area contributed by atoms with Crippen molar-refractivity contribution in [2.24, 2.45) is 0 Å². The second-order valence-corrected chi connectivity index (χ2v) is 16.1. The smallest absolute Gasteiger partial charge is 0.408 e. The number of hydrogen-bond acceptors (Lipinski definition) is 6. The Bertz CT molecular complexity index is 2320. The summed E-state index contributed by atoms with van der Waals surface area (Å²) in [4.78, 5) is 65.1. The fraction of sp³-hybridized carbons (Fsp3) is 0.312. The highest BCUT2D eigenvalue weighted by Gasteiger charge is 2.38. The third-order valence-electron chi connectivity index (χ3n) is 10.7. The van der Waals surface area contributed by atoms with E-state index >= 15 is 0 Å². The Kier molecular flexibility index (Phi) is 12.3. The van der Waals surface area contributed by atoms with Gasteiger partial charge >= 0.3 is 6.09 Å². The standard InChI is InChI=1S/C48H50N6O5/c1-32(35-13-7-5-8-14-35)45(56)54-30-12-18-41(54)44(55)50-38-27-23-34(24-28-38)20-19-33-21-25-36(26-22-33)39-31-49-43(51-39)40-17-11-29-53(40)46(57)42(37-15-9-6-10-16-37)52-47(58)59-48(2,3)4/h5-10,13-16,21-28,31-32,40-42H,11-12,17-18,29-30H2,1-4H3,(H,49,51)(H,50,55)(H,52,58)/t32-,40+,41+,42-/m1/s1. The van der Waals surface area contributed by atoms with E-state index in [1.807, 2.05) is 116 Å². The molecule has 1 aromatic heterocycles. The van der Waals surface area contributed by atoms with Crippen LogP contribution in [0.3, 0.4) is 0 Å². The van der Waals surface area contributed by atoms with E-state index in [-0.39, 0.29) is 29.7 Å². The molecule has 4 amide bonds. The lowest BCUT2D eigenvalue weighted by Gasteiger charge is -2.29. The van der Waals surface area contributed by atoms with Gasteiger partial charge in [0.05, 0.1) is 23.9 Å². The molecule has 0 unspecified atom stereocenters. The monoisotopic (exact) mass is 790 g/mol. The Morgan fingerprint density at radius 2 is 1.36 bits per heavy atom. The molecule has 4 atom stereocenters. The summed E-state index contributed by atoms with van der Waals surface area (Å²) >= 11 is 0. The number of rotatable bonds is 9. The molecule has 2 saturated heterocycles. The van der Waals surface area contributed by atoms with E-state index in [2.05, 4.69) is 27.5 Å². The zero-order chi connectivity index (χ0) is 41.5. The summed E-state index contributed by atoms with van der Waals surface area (Å²) in [5.41, 5.74) is 4.93. The lowest BCUT2D eigenvalue weighted by molar-refractivity contribution is -0.137.